The molecule has 118 valence electrons. The third-order valence-corrected chi connectivity index (χ3v) is 4.25. The predicted molar refractivity (Wildman–Crippen MR) is 92.4 cm³/mol. The molecule has 1 heterocycles. The van der Waals surface area contributed by atoms with Crippen molar-refractivity contribution in [2.24, 2.45) is 0 Å². The van der Waals surface area contributed by atoms with Crippen LogP contribution in [0, 0.1) is 8.34 Å². The van der Waals surface area contributed by atoms with E-state index < -0.39 is 17.3 Å². The average Bonchev–Trinajstić information content (AvgIpc) is 2.48. The molecule has 2 aromatic carbocycles. The standard InChI is InChI=1S/C15H8F3IN2OS/c16-15(17,18)8-2-1-3-10(6-8)21-13(22)11-7-9(19)4-5-12(11)20-14(21)23/h1-7H,(H,20,23). The Hall–Kier alpha value is -1.68. The summed E-state index contributed by atoms with van der Waals surface area (Å²) < 4.78 is 40.6. The molecule has 3 rings (SSSR count). The SMILES string of the molecule is O=c1c2cc(I)ccc2[nH]c(=S)n1-c1cccc(C(F)(F)F)c1. The van der Waals surface area contributed by atoms with Gasteiger partial charge < -0.3 is 4.98 Å². The minimum Gasteiger partial charge on any atom is -0.331 e. The lowest BCUT2D eigenvalue weighted by molar-refractivity contribution is -0.137. The van der Waals surface area contributed by atoms with Gasteiger partial charge in [0.2, 0.25) is 0 Å². The van der Waals surface area contributed by atoms with E-state index in [0.29, 0.717) is 10.9 Å². The van der Waals surface area contributed by atoms with Crippen molar-refractivity contribution < 1.29 is 13.2 Å². The summed E-state index contributed by atoms with van der Waals surface area (Å²) in [7, 11) is 0. The van der Waals surface area contributed by atoms with Crippen molar-refractivity contribution in [3.8, 4) is 5.69 Å². The second-order valence-corrected chi connectivity index (χ2v) is 6.44. The minimum absolute atomic E-state index is 0.0445. The van der Waals surface area contributed by atoms with Gasteiger partial charge in [-0.3, -0.25) is 9.36 Å². The number of alkyl halides is 3. The molecule has 0 aliphatic rings. The molecule has 0 unspecified atom stereocenters. The van der Waals surface area contributed by atoms with Crippen molar-refractivity contribution in [3.63, 3.8) is 0 Å². The lowest BCUT2D eigenvalue weighted by Crippen LogP contribution is -2.21. The quantitative estimate of drug-likeness (QED) is 0.434. The lowest BCUT2D eigenvalue weighted by Gasteiger charge is -2.11. The van der Waals surface area contributed by atoms with Gasteiger partial charge in [-0.15, -0.1) is 0 Å². The summed E-state index contributed by atoms with van der Waals surface area (Å²) in [6.45, 7) is 0. The van der Waals surface area contributed by atoms with E-state index in [4.69, 9.17) is 12.2 Å². The average molecular weight is 448 g/mol. The number of aromatic nitrogens is 2. The summed E-state index contributed by atoms with van der Waals surface area (Å²) in [6.07, 6.45) is -4.49. The van der Waals surface area contributed by atoms with E-state index in [1.54, 1.807) is 12.1 Å². The van der Waals surface area contributed by atoms with Crippen molar-refractivity contribution in [1.29, 1.82) is 0 Å². The first-order valence-corrected chi connectivity index (χ1v) is 7.88. The van der Waals surface area contributed by atoms with Crippen LogP contribution in [-0.2, 0) is 6.18 Å². The first-order chi connectivity index (χ1) is 10.8. The highest BCUT2D eigenvalue weighted by molar-refractivity contribution is 14.1. The molecule has 0 aliphatic heterocycles. The Balaban J connectivity index is 2.33. The smallest absolute Gasteiger partial charge is 0.331 e. The highest BCUT2D eigenvalue weighted by Gasteiger charge is 2.30. The summed E-state index contributed by atoms with van der Waals surface area (Å²) in [6, 6.07) is 9.70. The van der Waals surface area contributed by atoms with Crippen LogP contribution in [0.4, 0.5) is 13.2 Å². The van der Waals surface area contributed by atoms with Gasteiger partial charge in [-0.1, -0.05) is 6.07 Å². The maximum absolute atomic E-state index is 12.9. The topological polar surface area (TPSA) is 37.8 Å². The van der Waals surface area contributed by atoms with E-state index in [-0.39, 0.29) is 10.5 Å². The maximum Gasteiger partial charge on any atom is 0.416 e. The van der Waals surface area contributed by atoms with Crippen LogP contribution in [0.15, 0.2) is 47.3 Å². The number of hydrogen-bond donors (Lipinski definition) is 1. The van der Waals surface area contributed by atoms with Crippen molar-refractivity contribution >= 4 is 45.7 Å². The van der Waals surface area contributed by atoms with Gasteiger partial charge >= 0.3 is 6.18 Å². The van der Waals surface area contributed by atoms with E-state index >= 15 is 0 Å². The van der Waals surface area contributed by atoms with Gasteiger partial charge in [0.15, 0.2) is 4.77 Å². The fourth-order valence-electron chi connectivity index (χ4n) is 2.24. The molecular weight excluding hydrogens is 440 g/mol. The fraction of sp³-hybridized carbons (Fsp3) is 0.0667. The number of nitrogens with one attached hydrogen (secondary N) is 1. The first-order valence-electron chi connectivity index (χ1n) is 6.39. The van der Waals surface area contributed by atoms with Crippen molar-refractivity contribution in [3.05, 3.63) is 66.7 Å². The molecule has 1 N–H and O–H groups in total. The fourth-order valence-corrected chi connectivity index (χ4v) is 3.03. The number of rotatable bonds is 1. The van der Waals surface area contributed by atoms with E-state index in [9.17, 15) is 18.0 Å². The zero-order chi connectivity index (χ0) is 16.8. The second-order valence-electron chi connectivity index (χ2n) is 4.81. The molecule has 8 heteroatoms. The number of hydrogen-bond acceptors (Lipinski definition) is 2. The molecule has 3 nitrogen and oxygen atoms in total. The molecular formula is C15H8F3IN2OS. The zero-order valence-electron chi connectivity index (χ0n) is 11.3. The third-order valence-electron chi connectivity index (χ3n) is 3.29. The molecule has 3 aromatic rings. The normalized spacial score (nSPS) is 11.8. The Labute approximate surface area is 146 Å². The highest BCUT2D eigenvalue weighted by Crippen LogP contribution is 2.30. The molecule has 23 heavy (non-hydrogen) atoms. The molecule has 0 saturated heterocycles. The molecule has 0 fully saturated rings. The van der Waals surface area contributed by atoms with E-state index in [1.165, 1.54) is 12.1 Å². The van der Waals surface area contributed by atoms with Gasteiger partial charge in [0.05, 0.1) is 22.2 Å². The Bertz CT molecular complexity index is 1020. The maximum atomic E-state index is 12.9. The number of nitrogens with zero attached hydrogens (tertiary/aromatic N) is 1. The number of fused-ring (bicyclic) bond motifs is 1. The van der Waals surface area contributed by atoms with Crippen LogP contribution in [0.5, 0.6) is 0 Å². The van der Waals surface area contributed by atoms with Crippen molar-refractivity contribution in [2.75, 3.05) is 0 Å². The molecule has 0 saturated carbocycles. The van der Waals surface area contributed by atoms with Gasteiger partial charge in [-0.05, 0) is 71.2 Å². The lowest BCUT2D eigenvalue weighted by atomic mass is 10.2. The van der Waals surface area contributed by atoms with Crippen molar-refractivity contribution in [2.45, 2.75) is 6.18 Å². The molecule has 0 spiro atoms. The molecule has 0 amide bonds. The Kier molecular flexibility index (Phi) is 4.05. The Morgan fingerprint density at radius 3 is 2.57 bits per heavy atom. The van der Waals surface area contributed by atoms with E-state index in [1.807, 2.05) is 6.07 Å². The van der Waals surface area contributed by atoms with Crippen LogP contribution in [-0.4, -0.2) is 9.55 Å². The highest BCUT2D eigenvalue weighted by atomic mass is 127. The third kappa shape index (κ3) is 3.05. The van der Waals surface area contributed by atoms with E-state index in [0.717, 1.165) is 20.3 Å². The van der Waals surface area contributed by atoms with Crippen LogP contribution >= 0.6 is 34.8 Å². The minimum atomic E-state index is -4.49. The van der Waals surface area contributed by atoms with E-state index in [2.05, 4.69) is 27.6 Å². The van der Waals surface area contributed by atoms with Crippen LogP contribution in [0.25, 0.3) is 16.6 Å². The summed E-state index contributed by atoms with van der Waals surface area (Å²) in [5, 5.41) is 0.364. The molecule has 0 bridgehead atoms. The van der Waals surface area contributed by atoms with Crippen LogP contribution in [0.3, 0.4) is 0 Å². The Morgan fingerprint density at radius 2 is 1.87 bits per heavy atom. The number of H-pyrrole nitrogens is 1. The van der Waals surface area contributed by atoms with Crippen molar-refractivity contribution in [1.82, 2.24) is 9.55 Å². The first kappa shape index (κ1) is 16.2. The van der Waals surface area contributed by atoms with Gasteiger partial charge in [-0.25, -0.2) is 0 Å². The number of benzene rings is 2. The van der Waals surface area contributed by atoms with Crippen LogP contribution in [0.2, 0.25) is 0 Å². The molecule has 0 atom stereocenters. The summed E-state index contributed by atoms with van der Waals surface area (Å²) >= 11 is 7.20. The molecule has 0 aliphatic carbocycles. The Morgan fingerprint density at radius 1 is 1.13 bits per heavy atom. The van der Waals surface area contributed by atoms with Gasteiger partial charge in [0, 0.05) is 3.57 Å². The predicted octanol–water partition coefficient (Wildman–Crippen LogP) is 4.67. The number of aromatic amines is 1. The van der Waals surface area contributed by atoms with Gasteiger partial charge in [0.25, 0.3) is 5.56 Å². The molecule has 1 aromatic heterocycles. The van der Waals surface area contributed by atoms with Gasteiger partial charge in [-0.2, -0.15) is 13.2 Å². The zero-order valence-corrected chi connectivity index (χ0v) is 14.3. The monoisotopic (exact) mass is 448 g/mol. The number of halogens is 4. The van der Waals surface area contributed by atoms with Crippen LogP contribution in [0.1, 0.15) is 5.56 Å². The summed E-state index contributed by atoms with van der Waals surface area (Å²) in [5.41, 5.74) is -0.670. The van der Waals surface area contributed by atoms with Crippen LogP contribution < -0.4 is 5.56 Å². The van der Waals surface area contributed by atoms with Gasteiger partial charge in [0.1, 0.15) is 0 Å². The summed E-state index contributed by atoms with van der Waals surface area (Å²) in [4.78, 5) is 15.5. The second kappa shape index (κ2) is 5.75. The largest absolute Gasteiger partial charge is 0.416 e. The molecule has 0 radical (unpaired) electrons. The summed E-state index contributed by atoms with van der Waals surface area (Å²) in [5.74, 6) is 0.